The maximum atomic E-state index is 12.9. The summed E-state index contributed by atoms with van der Waals surface area (Å²) in [5.74, 6) is 0.327. The fourth-order valence-electron chi connectivity index (χ4n) is 5.95. The number of hydrogen-bond acceptors (Lipinski definition) is 9. The molecule has 0 saturated carbocycles. The highest BCUT2D eigenvalue weighted by molar-refractivity contribution is 6.01. The minimum atomic E-state index is -0.437. The molecule has 0 atom stereocenters. The average molecular weight is 617 g/mol. The molecule has 1 N–H and O–H groups in total. The van der Waals surface area contributed by atoms with Gasteiger partial charge < -0.3 is 9.80 Å². The van der Waals surface area contributed by atoms with Crippen LogP contribution in [0.25, 0.3) is 44.5 Å². The van der Waals surface area contributed by atoms with Crippen LogP contribution in [0.5, 0.6) is 0 Å². The van der Waals surface area contributed by atoms with Crippen molar-refractivity contribution in [3.05, 3.63) is 91.7 Å². The predicted molar refractivity (Wildman–Crippen MR) is 174 cm³/mol. The number of aromatic nitrogens is 7. The molecule has 4 aromatic heterocycles. The predicted octanol–water partition coefficient (Wildman–Crippen LogP) is 4.60. The van der Waals surface area contributed by atoms with E-state index in [9.17, 15) is 9.18 Å². The number of carbonyl (C=O) groups is 1. The minimum Gasteiger partial charge on any atom is -0.368 e. The van der Waals surface area contributed by atoms with Gasteiger partial charge in [-0.15, -0.1) is 0 Å². The van der Waals surface area contributed by atoms with Gasteiger partial charge in [-0.1, -0.05) is 0 Å². The first-order chi connectivity index (χ1) is 22.6. The molecule has 12 heteroatoms. The molecule has 2 aliphatic rings. The third-order valence-electron chi connectivity index (χ3n) is 8.44. The number of piperazine rings is 1. The Morgan fingerprint density at radius 3 is 2.28 bits per heavy atom. The van der Waals surface area contributed by atoms with E-state index < -0.39 is 5.82 Å². The Balaban J connectivity index is 0.000000156. The van der Waals surface area contributed by atoms with Gasteiger partial charge in [0.15, 0.2) is 11.6 Å². The molecule has 0 bridgehead atoms. The van der Waals surface area contributed by atoms with Gasteiger partial charge in [0.2, 0.25) is 5.91 Å². The van der Waals surface area contributed by atoms with E-state index in [1.165, 1.54) is 25.2 Å². The van der Waals surface area contributed by atoms with Crippen molar-refractivity contribution >= 4 is 33.4 Å². The molecule has 1 amide bonds. The number of hydrogen-bond donors (Lipinski definition) is 1. The van der Waals surface area contributed by atoms with Gasteiger partial charge in [-0.3, -0.25) is 19.8 Å². The molecule has 0 unspecified atom stereocenters. The van der Waals surface area contributed by atoms with Crippen molar-refractivity contribution in [1.82, 2.24) is 44.9 Å². The fourth-order valence-corrected chi connectivity index (χ4v) is 5.95. The molecule has 6 heterocycles. The fraction of sp³-hybridized carbons (Fsp3) is 0.265. The number of anilines is 1. The number of amides is 1. The summed E-state index contributed by atoms with van der Waals surface area (Å²) in [5, 5.41) is 9.49. The first-order valence-corrected chi connectivity index (χ1v) is 15.4. The first-order valence-electron chi connectivity index (χ1n) is 15.4. The molecule has 2 fully saturated rings. The summed E-state index contributed by atoms with van der Waals surface area (Å²) in [5.41, 5.74) is 5.83. The van der Waals surface area contributed by atoms with Crippen LogP contribution in [0, 0.1) is 5.82 Å². The van der Waals surface area contributed by atoms with Crippen molar-refractivity contribution in [2.45, 2.75) is 12.8 Å². The second kappa shape index (κ2) is 13.3. The van der Waals surface area contributed by atoms with E-state index in [1.54, 1.807) is 24.9 Å². The maximum Gasteiger partial charge on any atom is 0.236 e. The Hall–Kier alpha value is -5.36. The Labute approximate surface area is 265 Å². The zero-order chi connectivity index (χ0) is 31.3. The third-order valence-corrected chi connectivity index (χ3v) is 8.44. The van der Waals surface area contributed by atoms with Crippen LogP contribution in [-0.4, -0.2) is 96.6 Å². The first kappa shape index (κ1) is 29.4. The van der Waals surface area contributed by atoms with E-state index >= 15 is 0 Å². The lowest BCUT2D eigenvalue weighted by molar-refractivity contribution is -0.132. The van der Waals surface area contributed by atoms with Crippen LogP contribution in [-0.2, 0) is 4.79 Å². The van der Waals surface area contributed by atoms with Crippen molar-refractivity contribution in [3.8, 4) is 22.6 Å². The van der Waals surface area contributed by atoms with Crippen molar-refractivity contribution in [3.63, 3.8) is 0 Å². The molecule has 0 spiro atoms. The number of benzene rings is 2. The monoisotopic (exact) mass is 616 g/mol. The van der Waals surface area contributed by atoms with Gasteiger partial charge in [-0.05, 0) is 74.5 Å². The summed E-state index contributed by atoms with van der Waals surface area (Å²) < 4.78 is 12.9. The van der Waals surface area contributed by atoms with Crippen molar-refractivity contribution in [2.24, 2.45) is 0 Å². The van der Waals surface area contributed by atoms with Crippen LogP contribution >= 0.6 is 0 Å². The van der Waals surface area contributed by atoms with Gasteiger partial charge in [-0.2, -0.15) is 5.10 Å². The summed E-state index contributed by atoms with van der Waals surface area (Å²) in [6.07, 6.45) is 11.6. The summed E-state index contributed by atoms with van der Waals surface area (Å²) in [4.78, 5) is 39.3. The molecule has 6 aromatic rings. The van der Waals surface area contributed by atoms with E-state index in [2.05, 4.69) is 44.9 Å². The Kier molecular flexibility index (Phi) is 8.51. The van der Waals surface area contributed by atoms with E-state index in [-0.39, 0.29) is 5.91 Å². The van der Waals surface area contributed by atoms with Gasteiger partial charge in [0.1, 0.15) is 12.0 Å². The van der Waals surface area contributed by atoms with Crippen LogP contribution in [0.4, 0.5) is 10.1 Å². The molecule has 0 radical (unpaired) electrons. The lowest BCUT2D eigenvalue weighted by Crippen LogP contribution is -2.51. The lowest BCUT2D eigenvalue weighted by Gasteiger charge is -2.36. The maximum absolute atomic E-state index is 12.9. The lowest BCUT2D eigenvalue weighted by atomic mass is 10.1. The quantitative estimate of drug-likeness (QED) is 0.297. The number of nitrogens with zero attached hydrogens (tertiary/aromatic N) is 9. The molecule has 2 aliphatic heterocycles. The van der Waals surface area contributed by atoms with E-state index in [0.717, 1.165) is 83.6 Å². The highest BCUT2D eigenvalue weighted by Crippen LogP contribution is 2.28. The number of H-pyrrole nitrogens is 1. The van der Waals surface area contributed by atoms with Gasteiger partial charge in [0.05, 0.1) is 30.0 Å². The Morgan fingerprint density at radius 2 is 1.54 bits per heavy atom. The van der Waals surface area contributed by atoms with Gasteiger partial charge in [0, 0.05) is 72.4 Å². The topological polar surface area (TPSA) is 120 Å². The second-order valence-electron chi connectivity index (χ2n) is 11.4. The largest absolute Gasteiger partial charge is 0.368 e. The molecule has 8 rings (SSSR count). The normalized spacial score (nSPS) is 15.2. The van der Waals surface area contributed by atoms with Crippen molar-refractivity contribution in [1.29, 1.82) is 0 Å². The Morgan fingerprint density at radius 1 is 0.804 bits per heavy atom. The number of pyridine rings is 1. The molecule has 11 nitrogen and oxygen atoms in total. The number of aromatic amines is 1. The highest BCUT2D eigenvalue weighted by atomic mass is 19.1. The molecule has 2 saturated heterocycles. The smallest absolute Gasteiger partial charge is 0.236 e. The Bertz CT molecular complexity index is 1920. The summed E-state index contributed by atoms with van der Waals surface area (Å²) in [6, 6.07) is 15.9. The zero-order valence-corrected chi connectivity index (χ0v) is 25.3. The molecule has 2 aromatic carbocycles. The summed E-state index contributed by atoms with van der Waals surface area (Å²) >= 11 is 0. The summed E-state index contributed by atoms with van der Waals surface area (Å²) in [7, 11) is 0. The number of fused-ring (bicyclic) bond motifs is 2. The van der Waals surface area contributed by atoms with E-state index in [1.807, 2.05) is 53.4 Å². The van der Waals surface area contributed by atoms with Crippen LogP contribution in [0.1, 0.15) is 12.8 Å². The summed E-state index contributed by atoms with van der Waals surface area (Å²) in [6.45, 7) is 5.85. The molecule has 46 heavy (non-hydrogen) atoms. The van der Waals surface area contributed by atoms with Gasteiger partial charge in [-0.25, -0.2) is 24.3 Å². The number of rotatable bonds is 5. The van der Waals surface area contributed by atoms with Crippen LogP contribution < -0.4 is 4.90 Å². The van der Waals surface area contributed by atoms with Gasteiger partial charge >= 0.3 is 0 Å². The number of halogens is 1. The zero-order valence-electron chi connectivity index (χ0n) is 25.3. The van der Waals surface area contributed by atoms with Crippen LogP contribution in [0.15, 0.2) is 85.8 Å². The van der Waals surface area contributed by atoms with Gasteiger partial charge in [0.25, 0.3) is 0 Å². The average Bonchev–Trinajstić information content (AvgIpc) is 3.78. The molecule has 0 aliphatic carbocycles. The number of nitrogens with one attached hydrogen (secondary N) is 1. The minimum absolute atomic E-state index is 0.250. The standard InChI is InChI=1S/C20H24FN5O.C14H9N5/c21-17-13-22-20(23-14-17)16-3-5-18(6-4-16)25-9-11-26(12-10-25)19(27)15-24-7-1-2-8-24;1-3-15-4-2-9(1)14-11-6-12-10(7-16-8-17-12)5-13(11)18-19-14/h3-6,13-14H,1-2,7-12,15H2;1-8H,(H,18,19). The van der Waals surface area contributed by atoms with E-state index in [0.29, 0.717) is 12.4 Å². The SMILES string of the molecule is O=C(CN1CCCC1)N1CCN(c2ccc(-c3ncc(F)cn3)cc2)CC1.c1cc(-c2n[nH]c3cc4cncnc4cc23)ccn1. The highest BCUT2D eigenvalue weighted by Gasteiger charge is 2.24. The van der Waals surface area contributed by atoms with Crippen molar-refractivity contribution in [2.75, 3.05) is 50.7 Å². The van der Waals surface area contributed by atoms with Crippen LogP contribution in [0.3, 0.4) is 0 Å². The van der Waals surface area contributed by atoms with E-state index in [4.69, 9.17) is 0 Å². The second-order valence-corrected chi connectivity index (χ2v) is 11.4. The van der Waals surface area contributed by atoms with Crippen molar-refractivity contribution < 1.29 is 9.18 Å². The molecular weight excluding hydrogens is 583 g/mol. The number of likely N-dealkylation sites (tertiary alicyclic amines) is 1. The number of carbonyl (C=O) groups excluding carboxylic acids is 1. The third kappa shape index (κ3) is 6.52. The molecular formula is C34H33FN10O. The van der Waals surface area contributed by atoms with Crippen LogP contribution in [0.2, 0.25) is 0 Å². The molecule has 232 valence electrons.